The summed E-state index contributed by atoms with van der Waals surface area (Å²) in [5.41, 5.74) is 0.207. The zero-order chi connectivity index (χ0) is 14.6. The summed E-state index contributed by atoms with van der Waals surface area (Å²) >= 11 is 5.83. The molecule has 2 N–H and O–H groups in total. The lowest BCUT2D eigenvalue weighted by Crippen LogP contribution is -2.49. The zero-order valence-electron chi connectivity index (χ0n) is 11.2. The van der Waals surface area contributed by atoms with Crippen LogP contribution in [0.3, 0.4) is 0 Å². The van der Waals surface area contributed by atoms with Crippen LogP contribution in [0.1, 0.15) is 26.3 Å². The third-order valence-electron chi connectivity index (χ3n) is 2.67. The molecule has 0 aliphatic rings. The molecule has 1 aromatic rings. The molecule has 1 amide bonds. The predicted molar refractivity (Wildman–Crippen MR) is 74.2 cm³/mol. The van der Waals surface area contributed by atoms with Crippen LogP contribution in [0.4, 0.5) is 0 Å². The summed E-state index contributed by atoms with van der Waals surface area (Å²) < 4.78 is 0. The summed E-state index contributed by atoms with van der Waals surface area (Å²) in [7, 11) is 0. The standard InChI is InChI=1S/C14H18ClNO3/c1-14(2,3)12(13(18)19)16-11(17)8-9-5-4-6-10(15)7-9/h4-7,12H,8H2,1-3H3,(H,16,17)(H,18,19). The highest BCUT2D eigenvalue weighted by Gasteiger charge is 2.32. The Morgan fingerprint density at radius 3 is 2.47 bits per heavy atom. The molecule has 1 unspecified atom stereocenters. The van der Waals surface area contributed by atoms with Crippen LogP contribution in [0, 0.1) is 5.41 Å². The number of hydrogen-bond donors (Lipinski definition) is 2. The average molecular weight is 284 g/mol. The van der Waals surface area contributed by atoms with Crippen molar-refractivity contribution in [2.75, 3.05) is 0 Å². The number of amides is 1. The smallest absolute Gasteiger partial charge is 0.326 e. The van der Waals surface area contributed by atoms with E-state index in [1.54, 1.807) is 45.0 Å². The van der Waals surface area contributed by atoms with Crippen LogP contribution in [0.5, 0.6) is 0 Å². The molecule has 1 aromatic carbocycles. The normalized spacial score (nSPS) is 12.8. The quantitative estimate of drug-likeness (QED) is 0.892. The Labute approximate surface area is 117 Å². The van der Waals surface area contributed by atoms with Crippen LogP contribution in [0.2, 0.25) is 5.02 Å². The first kappa shape index (κ1) is 15.5. The second kappa shape index (κ2) is 6.06. The molecule has 0 fully saturated rings. The summed E-state index contributed by atoms with van der Waals surface area (Å²) in [5.74, 6) is -1.36. The number of rotatable bonds is 4. The van der Waals surface area contributed by atoms with Crippen molar-refractivity contribution >= 4 is 23.5 Å². The van der Waals surface area contributed by atoms with E-state index in [4.69, 9.17) is 16.7 Å². The van der Waals surface area contributed by atoms with Crippen LogP contribution in [-0.4, -0.2) is 23.0 Å². The first-order chi connectivity index (χ1) is 8.70. The van der Waals surface area contributed by atoms with Crippen molar-refractivity contribution in [3.8, 4) is 0 Å². The van der Waals surface area contributed by atoms with Gasteiger partial charge in [-0.05, 0) is 23.1 Å². The number of carbonyl (C=O) groups is 2. The van der Waals surface area contributed by atoms with Crippen molar-refractivity contribution in [3.05, 3.63) is 34.9 Å². The Morgan fingerprint density at radius 1 is 1.37 bits per heavy atom. The van der Waals surface area contributed by atoms with Gasteiger partial charge in [0.15, 0.2) is 0 Å². The van der Waals surface area contributed by atoms with Crippen molar-refractivity contribution in [2.45, 2.75) is 33.2 Å². The molecule has 0 aliphatic carbocycles. The van der Waals surface area contributed by atoms with E-state index in [1.165, 1.54) is 0 Å². The number of carboxylic acid groups (broad SMARTS) is 1. The molecule has 104 valence electrons. The SMILES string of the molecule is CC(C)(C)C(NC(=O)Cc1cccc(Cl)c1)C(=O)O. The number of nitrogens with one attached hydrogen (secondary N) is 1. The van der Waals surface area contributed by atoms with Gasteiger partial charge in [0.2, 0.25) is 5.91 Å². The first-order valence-corrected chi connectivity index (χ1v) is 6.34. The summed E-state index contributed by atoms with van der Waals surface area (Å²) in [6, 6.07) is 6.02. The lowest BCUT2D eigenvalue weighted by atomic mass is 9.86. The van der Waals surface area contributed by atoms with E-state index in [-0.39, 0.29) is 12.3 Å². The van der Waals surface area contributed by atoms with Gasteiger partial charge in [-0.15, -0.1) is 0 Å². The van der Waals surface area contributed by atoms with Gasteiger partial charge in [0.1, 0.15) is 6.04 Å². The molecule has 0 heterocycles. The Bertz CT molecular complexity index is 480. The molecule has 0 aromatic heterocycles. The molecule has 0 bridgehead atoms. The van der Waals surface area contributed by atoms with Crippen molar-refractivity contribution in [1.82, 2.24) is 5.32 Å². The molecular formula is C14H18ClNO3. The lowest BCUT2D eigenvalue weighted by Gasteiger charge is -2.27. The van der Waals surface area contributed by atoms with Gasteiger partial charge < -0.3 is 10.4 Å². The molecule has 4 nitrogen and oxygen atoms in total. The Kier molecular flexibility index (Phi) is 4.95. The largest absolute Gasteiger partial charge is 0.480 e. The highest BCUT2D eigenvalue weighted by molar-refractivity contribution is 6.30. The molecule has 0 aliphatic heterocycles. The highest BCUT2D eigenvalue weighted by atomic mass is 35.5. The Hall–Kier alpha value is -1.55. The van der Waals surface area contributed by atoms with Gasteiger partial charge in [-0.3, -0.25) is 4.79 Å². The maximum absolute atomic E-state index is 11.9. The van der Waals surface area contributed by atoms with Gasteiger partial charge in [-0.1, -0.05) is 44.5 Å². The average Bonchev–Trinajstić information content (AvgIpc) is 2.24. The molecule has 0 saturated carbocycles. The zero-order valence-corrected chi connectivity index (χ0v) is 12.0. The fourth-order valence-corrected chi connectivity index (χ4v) is 1.91. The van der Waals surface area contributed by atoms with Crippen LogP contribution >= 0.6 is 11.6 Å². The topological polar surface area (TPSA) is 66.4 Å². The van der Waals surface area contributed by atoms with Gasteiger partial charge in [-0.2, -0.15) is 0 Å². The second-order valence-electron chi connectivity index (χ2n) is 5.51. The fourth-order valence-electron chi connectivity index (χ4n) is 1.69. The van der Waals surface area contributed by atoms with Crippen molar-refractivity contribution in [3.63, 3.8) is 0 Å². The molecule has 19 heavy (non-hydrogen) atoms. The number of benzene rings is 1. The fraction of sp³-hybridized carbons (Fsp3) is 0.429. The van der Waals surface area contributed by atoms with E-state index in [1.807, 2.05) is 0 Å². The maximum Gasteiger partial charge on any atom is 0.326 e. The van der Waals surface area contributed by atoms with Gasteiger partial charge in [0.05, 0.1) is 6.42 Å². The van der Waals surface area contributed by atoms with Crippen LogP contribution < -0.4 is 5.32 Å². The molecule has 5 heteroatoms. The molecule has 0 spiro atoms. The van der Waals surface area contributed by atoms with Crippen molar-refractivity contribution in [1.29, 1.82) is 0 Å². The number of halogens is 1. The number of carboxylic acids is 1. The van der Waals surface area contributed by atoms with Gasteiger partial charge in [-0.25, -0.2) is 4.79 Å². The molecule has 1 rings (SSSR count). The van der Waals surface area contributed by atoms with Crippen molar-refractivity contribution < 1.29 is 14.7 Å². The summed E-state index contributed by atoms with van der Waals surface area (Å²) in [4.78, 5) is 23.0. The number of carbonyl (C=O) groups excluding carboxylic acids is 1. The third-order valence-corrected chi connectivity index (χ3v) is 2.91. The summed E-state index contributed by atoms with van der Waals surface area (Å²) in [6.07, 6.45) is 0.112. The monoisotopic (exact) mass is 283 g/mol. The van der Waals surface area contributed by atoms with Gasteiger partial charge in [0.25, 0.3) is 0 Å². The summed E-state index contributed by atoms with van der Waals surface area (Å²) in [6.45, 7) is 5.31. The Balaban J connectivity index is 2.71. The minimum atomic E-state index is -1.04. The first-order valence-electron chi connectivity index (χ1n) is 5.97. The minimum Gasteiger partial charge on any atom is -0.480 e. The number of aliphatic carboxylic acids is 1. The van der Waals surface area contributed by atoms with Crippen LogP contribution in [0.25, 0.3) is 0 Å². The molecule has 0 saturated heterocycles. The predicted octanol–water partition coefficient (Wildman–Crippen LogP) is 2.50. The molecule has 1 atom stereocenters. The van der Waals surface area contributed by atoms with E-state index in [0.29, 0.717) is 5.02 Å². The highest BCUT2D eigenvalue weighted by Crippen LogP contribution is 2.19. The van der Waals surface area contributed by atoms with Crippen LogP contribution in [-0.2, 0) is 16.0 Å². The van der Waals surface area contributed by atoms with E-state index in [2.05, 4.69) is 5.32 Å². The van der Waals surface area contributed by atoms with Gasteiger partial charge in [0, 0.05) is 5.02 Å². The van der Waals surface area contributed by atoms with E-state index < -0.39 is 17.4 Å². The summed E-state index contributed by atoms with van der Waals surface area (Å²) in [5, 5.41) is 12.2. The van der Waals surface area contributed by atoms with E-state index >= 15 is 0 Å². The molecule has 0 radical (unpaired) electrons. The van der Waals surface area contributed by atoms with Crippen molar-refractivity contribution in [2.24, 2.45) is 5.41 Å². The van der Waals surface area contributed by atoms with E-state index in [0.717, 1.165) is 5.56 Å². The third kappa shape index (κ3) is 4.91. The number of hydrogen-bond acceptors (Lipinski definition) is 2. The second-order valence-corrected chi connectivity index (χ2v) is 5.95. The Morgan fingerprint density at radius 2 is 2.00 bits per heavy atom. The van der Waals surface area contributed by atoms with Gasteiger partial charge >= 0.3 is 5.97 Å². The molecular weight excluding hydrogens is 266 g/mol. The van der Waals surface area contributed by atoms with E-state index in [9.17, 15) is 9.59 Å². The van der Waals surface area contributed by atoms with Crippen LogP contribution in [0.15, 0.2) is 24.3 Å². The lowest BCUT2D eigenvalue weighted by molar-refractivity contribution is -0.144. The maximum atomic E-state index is 11.9. The minimum absolute atomic E-state index is 0.112.